The standard InChI is InChI=1S/C7H13F2N3O/c8-7(9,5-13)4-12-6-10-2-1-3-11-6/h13H,1-5H2,(H2,10,11,12). The number of hydrogen-bond donors (Lipinski definition) is 3. The van der Waals surface area contributed by atoms with Crippen molar-refractivity contribution in [3.8, 4) is 0 Å². The molecule has 0 aromatic heterocycles. The summed E-state index contributed by atoms with van der Waals surface area (Å²) in [7, 11) is 0. The van der Waals surface area contributed by atoms with Gasteiger partial charge in [-0.05, 0) is 6.42 Å². The number of aliphatic hydroxyl groups is 1. The predicted molar refractivity (Wildman–Crippen MR) is 45.0 cm³/mol. The number of nitrogens with one attached hydrogen (secondary N) is 2. The molecule has 4 nitrogen and oxygen atoms in total. The van der Waals surface area contributed by atoms with Gasteiger partial charge in [-0.25, -0.2) is 8.78 Å². The van der Waals surface area contributed by atoms with E-state index in [1.54, 1.807) is 0 Å². The van der Waals surface area contributed by atoms with Gasteiger partial charge in [0.1, 0.15) is 6.61 Å². The largest absolute Gasteiger partial charge is 0.390 e. The fourth-order valence-electron chi connectivity index (χ4n) is 0.920. The van der Waals surface area contributed by atoms with Gasteiger partial charge >= 0.3 is 0 Å². The van der Waals surface area contributed by atoms with Crippen LogP contribution >= 0.6 is 0 Å². The minimum atomic E-state index is -3.08. The highest BCUT2D eigenvalue weighted by molar-refractivity contribution is 5.80. The van der Waals surface area contributed by atoms with Gasteiger partial charge in [-0.1, -0.05) is 0 Å². The van der Waals surface area contributed by atoms with Gasteiger partial charge in [-0.3, -0.25) is 4.99 Å². The number of aliphatic imine (C=N–C) groups is 1. The van der Waals surface area contributed by atoms with Crippen LogP contribution < -0.4 is 10.6 Å². The molecule has 0 spiro atoms. The second-order valence-electron chi connectivity index (χ2n) is 2.88. The first-order valence-corrected chi connectivity index (χ1v) is 4.15. The predicted octanol–water partition coefficient (Wildman–Crippen LogP) is -0.447. The number of rotatable bonds is 3. The molecule has 0 bridgehead atoms. The molecule has 0 fully saturated rings. The molecule has 0 aromatic carbocycles. The van der Waals surface area contributed by atoms with Crippen molar-refractivity contribution in [3.05, 3.63) is 0 Å². The highest BCUT2D eigenvalue weighted by atomic mass is 19.3. The van der Waals surface area contributed by atoms with Crippen LogP contribution in [0.5, 0.6) is 0 Å². The summed E-state index contributed by atoms with van der Waals surface area (Å²) in [6.45, 7) is -0.334. The maximum absolute atomic E-state index is 12.5. The molecule has 76 valence electrons. The molecule has 0 radical (unpaired) electrons. The molecule has 1 aliphatic rings. The first-order chi connectivity index (χ1) is 6.14. The van der Waals surface area contributed by atoms with E-state index in [4.69, 9.17) is 5.11 Å². The van der Waals surface area contributed by atoms with Crippen molar-refractivity contribution in [1.82, 2.24) is 10.6 Å². The van der Waals surface area contributed by atoms with Crippen LogP contribution in [0.15, 0.2) is 4.99 Å². The lowest BCUT2D eigenvalue weighted by molar-refractivity contribution is -0.0445. The molecule has 0 aromatic rings. The van der Waals surface area contributed by atoms with E-state index >= 15 is 0 Å². The average Bonchev–Trinajstić information content (AvgIpc) is 2.17. The summed E-state index contributed by atoms with van der Waals surface area (Å²) in [6.07, 6.45) is 0.918. The maximum atomic E-state index is 12.5. The zero-order valence-electron chi connectivity index (χ0n) is 7.19. The van der Waals surface area contributed by atoms with E-state index in [0.717, 1.165) is 13.0 Å². The van der Waals surface area contributed by atoms with Gasteiger partial charge in [0.05, 0.1) is 6.54 Å². The summed E-state index contributed by atoms with van der Waals surface area (Å²) < 4.78 is 25.0. The van der Waals surface area contributed by atoms with E-state index in [-0.39, 0.29) is 0 Å². The van der Waals surface area contributed by atoms with Crippen LogP contribution in [0.1, 0.15) is 6.42 Å². The van der Waals surface area contributed by atoms with Gasteiger partial charge in [0.15, 0.2) is 5.96 Å². The SMILES string of the molecule is OCC(F)(F)CNC1=NCCCN1. The second kappa shape index (κ2) is 4.36. The Hall–Kier alpha value is -0.910. The molecule has 3 N–H and O–H groups in total. The van der Waals surface area contributed by atoms with Crippen molar-refractivity contribution in [2.45, 2.75) is 12.3 Å². The molecular formula is C7H13F2N3O. The van der Waals surface area contributed by atoms with E-state index in [0.29, 0.717) is 12.5 Å². The number of hydrogen-bond acceptors (Lipinski definition) is 4. The van der Waals surface area contributed by atoms with Crippen LogP contribution in [0, 0.1) is 0 Å². The third kappa shape index (κ3) is 3.54. The van der Waals surface area contributed by atoms with E-state index in [1.165, 1.54) is 0 Å². The summed E-state index contributed by atoms with van der Waals surface area (Å²) >= 11 is 0. The highest BCUT2D eigenvalue weighted by Crippen LogP contribution is 2.09. The Morgan fingerprint density at radius 3 is 2.92 bits per heavy atom. The smallest absolute Gasteiger partial charge is 0.287 e. The second-order valence-corrected chi connectivity index (χ2v) is 2.88. The molecule has 1 aliphatic heterocycles. The number of guanidine groups is 1. The molecule has 1 heterocycles. The molecule has 0 unspecified atom stereocenters. The third-order valence-corrected chi connectivity index (χ3v) is 1.64. The Morgan fingerprint density at radius 2 is 2.38 bits per heavy atom. The lowest BCUT2D eigenvalue weighted by Crippen LogP contribution is -2.46. The van der Waals surface area contributed by atoms with Gasteiger partial charge in [0, 0.05) is 13.1 Å². The van der Waals surface area contributed by atoms with Crippen LogP contribution in [-0.2, 0) is 0 Å². The van der Waals surface area contributed by atoms with Crippen molar-refractivity contribution in [2.75, 3.05) is 26.2 Å². The average molecular weight is 193 g/mol. The van der Waals surface area contributed by atoms with Crippen LogP contribution in [-0.4, -0.2) is 43.2 Å². The molecule has 0 amide bonds. The van der Waals surface area contributed by atoms with Crippen LogP contribution in [0.3, 0.4) is 0 Å². The summed E-state index contributed by atoms with van der Waals surface area (Å²) in [5, 5.41) is 13.6. The Balaban J connectivity index is 2.29. The van der Waals surface area contributed by atoms with Crippen LogP contribution in [0.2, 0.25) is 0 Å². The highest BCUT2D eigenvalue weighted by Gasteiger charge is 2.27. The first kappa shape index (κ1) is 10.2. The lowest BCUT2D eigenvalue weighted by atomic mass is 10.3. The zero-order chi connectivity index (χ0) is 9.73. The van der Waals surface area contributed by atoms with Gasteiger partial charge in [-0.2, -0.15) is 0 Å². The van der Waals surface area contributed by atoms with Crippen LogP contribution in [0.4, 0.5) is 8.78 Å². The van der Waals surface area contributed by atoms with Gasteiger partial charge in [-0.15, -0.1) is 0 Å². The van der Waals surface area contributed by atoms with Crippen molar-refractivity contribution < 1.29 is 13.9 Å². The minimum Gasteiger partial charge on any atom is -0.390 e. The molecule has 0 aliphatic carbocycles. The van der Waals surface area contributed by atoms with E-state index in [9.17, 15) is 8.78 Å². The quantitative estimate of drug-likeness (QED) is 0.569. The molecule has 0 atom stereocenters. The van der Waals surface area contributed by atoms with Crippen molar-refractivity contribution in [1.29, 1.82) is 0 Å². The summed E-state index contributed by atoms with van der Waals surface area (Å²) in [5.74, 6) is -2.69. The number of aliphatic hydroxyl groups excluding tert-OH is 1. The monoisotopic (exact) mass is 193 g/mol. The van der Waals surface area contributed by atoms with E-state index < -0.39 is 19.1 Å². The van der Waals surface area contributed by atoms with Crippen molar-refractivity contribution in [2.24, 2.45) is 4.99 Å². The Kier molecular flexibility index (Phi) is 3.41. The fourth-order valence-corrected chi connectivity index (χ4v) is 0.920. The van der Waals surface area contributed by atoms with Crippen LogP contribution in [0.25, 0.3) is 0 Å². The Labute approximate surface area is 75.0 Å². The fraction of sp³-hybridized carbons (Fsp3) is 0.857. The summed E-state index contributed by atoms with van der Waals surface area (Å²) in [6, 6.07) is 0. The lowest BCUT2D eigenvalue weighted by Gasteiger charge is -2.19. The number of halogens is 2. The minimum absolute atomic E-state index is 0.388. The number of alkyl halides is 2. The van der Waals surface area contributed by atoms with Crippen molar-refractivity contribution >= 4 is 5.96 Å². The topological polar surface area (TPSA) is 56.6 Å². The summed E-state index contributed by atoms with van der Waals surface area (Å²) in [5.41, 5.74) is 0. The molecule has 13 heavy (non-hydrogen) atoms. The normalized spacial score (nSPS) is 17.6. The van der Waals surface area contributed by atoms with E-state index in [1.807, 2.05) is 0 Å². The van der Waals surface area contributed by atoms with E-state index in [2.05, 4.69) is 15.6 Å². The third-order valence-electron chi connectivity index (χ3n) is 1.64. The van der Waals surface area contributed by atoms with Gasteiger partial charge in [0.25, 0.3) is 5.92 Å². The molecule has 1 rings (SSSR count). The summed E-state index contributed by atoms with van der Waals surface area (Å²) in [4.78, 5) is 3.95. The molecule has 0 saturated heterocycles. The van der Waals surface area contributed by atoms with Gasteiger partial charge < -0.3 is 15.7 Å². The Morgan fingerprint density at radius 1 is 1.62 bits per heavy atom. The molecule has 0 saturated carbocycles. The number of nitrogens with zero attached hydrogens (tertiary/aromatic N) is 1. The maximum Gasteiger partial charge on any atom is 0.287 e. The molecule has 6 heteroatoms. The zero-order valence-corrected chi connectivity index (χ0v) is 7.19. The molecular weight excluding hydrogens is 180 g/mol. The van der Waals surface area contributed by atoms with Gasteiger partial charge in [0.2, 0.25) is 0 Å². The van der Waals surface area contributed by atoms with Crippen molar-refractivity contribution in [3.63, 3.8) is 0 Å². The Bertz CT molecular complexity index is 196. The first-order valence-electron chi connectivity index (χ1n) is 4.15.